The molecule has 8 nitrogen and oxygen atoms in total. The lowest BCUT2D eigenvalue weighted by molar-refractivity contribution is -0.129. The predicted molar refractivity (Wildman–Crippen MR) is 117 cm³/mol. The molecule has 1 amide bonds. The first-order valence-electron chi connectivity index (χ1n) is 10.7. The largest absolute Gasteiger partial charge is 0.489 e. The Hall–Kier alpha value is -3.42. The Kier molecular flexibility index (Phi) is 5.05. The van der Waals surface area contributed by atoms with Crippen molar-refractivity contribution in [3.8, 4) is 17.0 Å². The van der Waals surface area contributed by atoms with Crippen LogP contribution in [-0.2, 0) is 24.8 Å². The Morgan fingerprint density at radius 1 is 1.13 bits per heavy atom. The summed E-state index contributed by atoms with van der Waals surface area (Å²) in [7, 11) is 1.89. The van der Waals surface area contributed by atoms with Crippen molar-refractivity contribution in [1.82, 2.24) is 24.6 Å². The van der Waals surface area contributed by atoms with Crippen molar-refractivity contribution in [3.05, 3.63) is 54.1 Å². The normalized spacial score (nSPS) is 18.2. The smallest absolute Gasteiger partial charge is 0.219 e. The average Bonchev–Trinajstić information content (AvgIpc) is 3.42. The average molecular weight is 419 g/mol. The molecule has 160 valence electrons. The lowest BCUT2D eigenvalue weighted by Gasteiger charge is -2.29. The molecule has 8 heteroatoms. The molecule has 0 bridgehead atoms. The molecule has 0 spiro atoms. The van der Waals surface area contributed by atoms with E-state index in [0.717, 1.165) is 60.1 Å². The van der Waals surface area contributed by atoms with Gasteiger partial charge in [0.15, 0.2) is 5.82 Å². The molecule has 0 N–H and O–H groups in total. The summed E-state index contributed by atoms with van der Waals surface area (Å²) in [5.41, 5.74) is 3.60. The predicted octanol–water partition coefficient (Wildman–Crippen LogP) is 2.44. The molecule has 0 radical (unpaired) electrons. The van der Waals surface area contributed by atoms with Crippen LogP contribution in [0.25, 0.3) is 11.3 Å². The second-order valence-electron chi connectivity index (χ2n) is 8.17. The number of carbonyl (C=O) groups is 1. The van der Waals surface area contributed by atoms with Crippen LogP contribution in [-0.4, -0.2) is 56.3 Å². The van der Waals surface area contributed by atoms with E-state index in [1.54, 1.807) is 11.6 Å². The van der Waals surface area contributed by atoms with E-state index < -0.39 is 0 Å². The van der Waals surface area contributed by atoms with E-state index in [1.165, 1.54) is 0 Å². The minimum Gasteiger partial charge on any atom is -0.489 e. The molecule has 2 aromatic heterocycles. The van der Waals surface area contributed by atoms with E-state index in [1.807, 2.05) is 54.7 Å². The molecule has 5 rings (SSSR count). The Bertz CT molecular complexity index is 1100. The molecular formula is C23H26N6O2. The lowest BCUT2D eigenvalue weighted by Crippen LogP contribution is -2.36. The number of hydrogen-bond donors (Lipinski definition) is 0. The van der Waals surface area contributed by atoms with Crippen LogP contribution in [0.3, 0.4) is 0 Å². The molecule has 0 saturated carbocycles. The monoisotopic (exact) mass is 418 g/mol. The van der Waals surface area contributed by atoms with E-state index in [9.17, 15) is 4.79 Å². The van der Waals surface area contributed by atoms with Crippen molar-refractivity contribution in [2.24, 2.45) is 7.05 Å². The number of hydrogen-bond acceptors (Lipinski definition) is 6. The van der Waals surface area contributed by atoms with E-state index in [0.29, 0.717) is 13.1 Å². The number of anilines is 1. The maximum atomic E-state index is 11.9. The van der Waals surface area contributed by atoms with Gasteiger partial charge in [-0.15, -0.1) is 0 Å². The molecule has 3 aromatic rings. The quantitative estimate of drug-likeness (QED) is 0.648. The standard InChI is InChI=1S/C23H26N6O2/c1-16(30)28-11-9-20-21(15-28)25-22(17-12-24-27(2)13-17)23(26-20)29-10-8-19(14-29)31-18-6-4-3-5-7-18/h3-7,12-13,19H,8-11,14-15H2,1-2H3. The molecular weight excluding hydrogens is 392 g/mol. The number of aromatic nitrogens is 4. The zero-order valence-corrected chi connectivity index (χ0v) is 17.9. The first-order chi connectivity index (χ1) is 15.1. The molecule has 2 aliphatic heterocycles. The van der Waals surface area contributed by atoms with Gasteiger partial charge in [0.25, 0.3) is 0 Å². The highest BCUT2D eigenvalue weighted by Crippen LogP contribution is 2.33. The second-order valence-corrected chi connectivity index (χ2v) is 8.17. The Morgan fingerprint density at radius 3 is 2.71 bits per heavy atom. The summed E-state index contributed by atoms with van der Waals surface area (Å²) in [5.74, 6) is 1.84. The van der Waals surface area contributed by atoms with E-state index in [-0.39, 0.29) is 12.0 Å². The van der Waals surface area contributed by atoms with Gasteiger partial charge in [0.05, 0.1) is 30.7 Å². The first-order valence-corrected chi connectivity index (χ1v) is 10.7. The highest BCUT2D eigenvalue weighted by atomic mass is 16.5. The number of amides is 1. The summed E-state index contributed by atoms with van der Waals surface area (Å²) in [6.45, 7) is 4.41. The maximum absolute atomic E-state index is 11.9. The SMILES string of the molecule is CC(=O)N1CCc2nc(N3CCC(Oc4ccccc4)C3)c(-c3cnn(C)c3)nc2C1. The van der Waals surface area contributed by atoms with Gasteiger partial charge in [0.2, 0.25) is 5.91 Å². The van der Waals surface area contributed by atoms with Gasteiger partial charge in [-0.2, -0.15) is 5.10 Å². The molecule has 1 atom stereocenters. The number of carbonyl (C=O) groups excluding carboxylic acids is 1. The summed E-state index contributed by atoms with van der Waals surface area (Å²) < 4.78 is 7.95. The zero-order chi connectivity index (χ0) is 21.4. The van der Waals surface area contributed by atoms with Crippen LogP contribution < -0.4 is 9.64 Å². The lowest BCUT2D eigenvalue weighted by atomic mass is 10.1. The minimum atomic E-state index is 0.0694. The number of para-hydroxylation sites is 1. The van der Waals surface area contributed by atoms with Crippen LogP contribution in [0.2, 0.25) is 0 Å². The van der Waals surface area contributed by atoms with Gasteiger partial charge in [-0.05, 0) is 12.1 Å². The molecule has 31 heavy (non-hydrogen) atoms. The summed E-state index contributed by atoms with van der Waals surface area (Å²) >= 11 is 0. The van der Waals surface area contributed by atoms with Crippen LogP contribution in [0.4, 0.5) is 5.82 Å². The Labute approximate surface area is 181 Å². The van der Waals surface area contributed by atoms with Gasteiger partial charge in [0.1, 0.15) is 17.5 Å². The number of fused-ring (bicyclic) bond motifs is 1. The van der Waals surface area contributed by atoms with Crippen LogP contribution >= 0.6 is 0 Å². The van der Waals surface area contributed by atoms with Crippen LogP contribution in [0, 0.1) is 0 Å². The molecule has 1 fully saturated rings. The highest BCUT2D eigenvalue weighted by molar-refractivity contribution is 5.74. The summed E-state index contributed by atoms with van der Waals surface area (Å²) in [6.07, 6.45) is 5.53. The van der Waals surface area contributed by atoms with E-state index in [2.05, 4.69) is 10.00 Å². The Balaban J connectivity index is 1.46. The fourth-order valence-electron chi connectivity index (χ4n) is 4.26. The summed E-state index contributed by atoms with van der Waals surface area (Å²) in [4.78, 5) is 26.0. The fourth-order valence-corrected chi connectivity index (χ4v) is 4.26. The first kappa shape index (κ1) is 19.5. The fraction of sp³-hybridized carbons (Fsp3) is 0.391. The van der Waals surface area contributed by atoms with Gasteiger partial charge in [-0.3, -0.25) is 9.48 Å². The number of aryl methyl sites for hydroxylation is 1. The third-order valence-electron chi connectivity index (χ3n) is 5.91. The van der Waals surface area contributed by atoms with Gasteiger partial charge >= 0.3 is 0 Å². The summed E-state index contributed by atoms with van der Waals surface area (Å²) in [5, 5.41) is 4.33. The van der Waals surface area contributed by atoms with Crippen molar-refractivity contribution in [3.63, 3.8) is 0 Å². The second kappa shape index (κ2) is 8.02. The number of rotatable bonds is 4. The molecule has 0 aliphatic carbocycles. The van der Waals surface area contributed by atoms with Crippen molar-refractivity contribution in [2.45, 2.75) is 32.4 Å². The third kappa shape index (κ3) is 3.97. The third-order valence-corrected chi connectivity index (χ3v) is 5.91. The topological polar surface area (TPSA) is 76.4 Å². The number of nitrogens with zero attached hydrogens (tertiary/aromatic N) is 6. The Morgan fingerprint density at radius 2 is 1.97 bits per heavy atom. The van der Waals surface area contributed by atoms with Crippen molar-refractivity contribution < 1.29 is 9.53 Å². The summed E-state index contributed by atoms with van der Waals surface area (Å²) in [6, 6.07) is 9.94. The number of benzene rings is 1. The molecule has 4 heterocycles. The number of ether oxygens (including phenoxy) is 1. The highest BCUT2D eigenvalue weighted by Gasteiger charge is 2.30. The molecule has 1 aromatic carbocycles. The maximum Gasteiger partial charge on any atom is 0.219 e. The van der Waals surface area contributed by atoms with Gasteiger partial charge in [-0.25, -0.2) is 9.97 Å². The van der Waals surface area contributed by atoms with E-state index in [4.69, 9.17) is 14.7 Å². The van der Waals surface area contributed by atoms with Crippen LogP contribution in [0.15, 0.2) is 42.7 Å². The zero-order valence-electron chi connectivity index (χ0n) is 17.9. The van der Waals surface area contributed by atoms with Gasteiger partial charge in [-0.1, -0.05) is 18.2 Å². The van der Waals surface area contributed by atoms with Gasteiger partial charge < -0.3 is 14.5 Å². The minimum absolute atomic E-state index is 0.0694. The van der Waals surface area contributed by atoms with Gasteiger partial charge in [0, 0.05) is 51.7 Å². The van der Waals surface area contributed by atoms with Crippen molar-refractivity contribution in [2.75, 3.05) is 24.5 Å². The van der Waals surface area contributed by atoms with Crippen molar-refractivity contribution in [1.29, 1.82) is 0 Å². The molecule has 1 saturated heterocycles. The van der Waals surface area contributed by atoms with Crippen LogP contribution in [0.5, 0.6) is 5.75 Å². The van der Waals surface area contributed by atoms with Crippen molar-refractivity contribution >= 4 is 11.7 Å². The molecule has 2 aliphatic rings. The van der Waals surface area contributed by atoms with Crippen LogP contribution in [0.1, 0.15) is 24.7 Å². The van der Waals surface area contributed by atoms with E-state index >= 15 is 0 Å². The molecule has 1 unspecified atom stereocenters.